The summed E-state index contributed by atoms with van der Waals surface area (Å²) in [5, 5.41) is 0. The van der Waals surface area contributed by atoms with E-state index >= 15 is 0 Å². The Morgan fingerprint density at radius 2 is 1.07 bits per heavy atom. The standard InChI is InChI=1S/C27H32O2/c1-27(2,21-13-17-25(18-14-21)28-23-9-5-3-6-10-23)22-15-19-26(20-16-22)29-24-11-7-4-8-12-24/h5,7,9,11,13-20,23-24H,3-4,6,8,10,12H2,1-2H3. The Morgan fingerprint density at radius 1 is 0.655 bits per heavy atom. The summed E-state index contributed by atoms with van der Waals surface area (Å²) in [6.45, 7) is 4.54. The number of rotatable bonds is 6. The van der Waals surface area contributed by atoms with Crippen LogP contribution in [-0.4, -0.2) is 12.2 Å². The zero-order valence-electron chi connectivity index (χ0n) is 17.6. The van der Waals surface area contributed by atoms with Crippen LogP contribution in [0.15, 0.2) is 72.8 Å². The Morgan fingerprint density at radius 3 is 1.41 bits per heavy atom. The molecule has 0 fully saturated rings. The van der Waals surface area contributed by atoms with Crippen molar-refractivity contribution >= 4 is 0 Å². The summed E-state index contributed by atoms with van der Waals surface area (Å²) in [4.78, 5) is 0. The van der Waals surface area contributed by atoms with Crippen LogP contribution in [0.3, 0.4) is 0 Å². The third-order valence-electron chi connectivity index (χ3n) is 6.15. The van der Waals surface area contributed by atoms with Gasteiger partial charge in [-0.05, 0) is 86.1 Å². The Balaban J connectivity index is 1.43. The predicted octanol–water partition coefficient (Wildman–Crippen LogP) is 6.99. The van der Waals surface area contributed by atoms with E-state index < -0.39 is 0 Å². The number of allylic oxidation sites excluding steroid dienone is 2. The molecule has 2 unspecified atom stereocenters. The average molecular weight is 389 g/mol. The van der Waals surface area contributed by atoms with Gasteiger partial charge in [0.05, 0.1) is 0 Å². The Bertz CT molecular complexity index is 772. The molecule has 152 valence electrons. The highest BCUT2D eigenvalue weighted by Gasteiger charge is 2.23. The minimum Gasteiger partial charge on any atom is -0.486 e. The van der Waals surface area contributed by atoms with Gasteiger partial charge in [-0.1, -0.05) is 50.3 Å². The highest BCUT2D eigenvalue weighted by atomic mass is 16.5. The van der Waals surface area contributed by atoms with E-state index in [1.807, 2.05) is 0 Å². The molecule has 0 saturated carbocycles. The van der Waals surface area contributed by atoms with Crippen LogP contribution in [0.4, 0.5) is 0 Å². The molecule has 0 amide bonds. The summed E-state index contributed by atoms with van der Waals surface area (Å²) in [6.07, 6.45) is 16.2. The third kappa shape index (κ3) is 4.93. The van der Waals surface area contributed by atoms with E-state index in [2.05, 4.69) is 86.7 Å². The molecule has 2 aromatic carbocycles. The van der Waals surface area contributed by atoms with Crippen LogP contribution >= 0.6 is 0 Å². The highest BCUT2D eigenvalue weighted by molar-refractivity contribution is 5.42. The van der Waals surface area contributed by atoms with Crippen molar-refractivity contribution in [2.24, 2.45) is 0 Å². The molecule has 0 N–H and O–H groups in total. The van der Waals surface area contributed by atoms with Gasteiger partial charge in [0, 0.05) is 5.41 Å². The largest absolute Gasteiger partial charge is 0.486 e. The van der Waals surface area contributed by atoms with Gasteiger partial charge in [-0.2, -0.15) is 0 Å². The summed E-state index contributed by atoms with van der Waals surface area (Å²) in [7, 11) is 0. The first-order valence-electron chi connectivity index (χ1n) is 11.0. The maximum Gasteiger partial charge on any atom is 0.120 e. The first kappa shape index (κ1) is 19.8. The van der Waals surface area contributed by atoms with Crippen molar-refractivity contribution in [3.63, 3.8) is 0 Å². The minimum absolute atomic E-state index is 0.0768. The summed E-state index contributed by atoms with van der Waals surface area (Å²) in [5.74, 6) is 1.90. The van der Waals surface area contributed by atoms with Gasteiger partial charge in [0.2, 0.25) is 0 Å². The van der Waals surface area contributed by atoms with Gasteiger partial charge < -0.3 is 9.47 Å². The van der Waals surface area contributed by atoms with Crippen molar-refractivity contribution in [2.75, 3.05) is 0 Å². The fraction of sp³-hybridized carbons (Fsp3) is 0.407. The van der Waals surface area contributed by atoms with Crippen molar-refractivity contribution in [3.05, 3.63) is 84.0 Å². The zero-order valence-corrected chi connectivity index (χ0v) is 17.6. The minimum atomic E-state index is -0.0768. The van der Waals surface area contributed by atoms with Crippen LogP contribution < -0.4 is 9.47 Å². The van der Waals surface area contributed by atoms with Gasteiger partial charge in [-0.3, -0.25) is 0 Å². The molecule has 2 aromatic rings. The van der Waals surface area contributed by atoms with Gasteiger partial charge in [0.25, 0.3) is 0 Å². The van der Waals surface area contributed by atoms with E-state index in [-0.39, 0.29) is 17.6 Å². The van der Waals surface area contributed by atoms with Crippen LogP contribution in [0.2, 0.25) is 0 Å². The molecule has 29 heavy (non-hydrogen) atoms. The summed E-state index contributed by atoms with van der Waals surface area (Å²) < 4.78 is 12.2. The SMILES string of the molecule is CC(C)(c1ccc(OC2C=CCCC2)cc1)c1ccc(OC2C=CCCC2)cc1. The third-order valence-corrected chi connectivity index (χ3v) is 6.15. The molecule has 0 bridgehead atoms. The van der Waals surface area contributed by atoms with Crippen LogP contribution in [0.5, 0.6) is 11.5 Å². The Kier molecular flexibility index (Phi) is 6.08. The molecule has 4 rings (SSSR count). The molecule has 2 heteroatoms. The van der Waals surface area contributed by atoms with Crippen LogP contribution in [0.1, 0.15) is 63.5 Å². The van der Waals surface area contributed by atoms with Gasteiger partial charge in [-0.15, -0.1) is 0 Å². The first-order chi connectivity index (χ1) is 14.1. The average Bonchev–Trinajstić information content (AvgIpc) is 2.76. The quantitative estimate of drug-likeness (QED) is 0.497. The molecule has 0 aromatic heterocycles. The summed E-state index contributed by atoms with van der Waals surface area (Å²) in [5.41, 5.74) is 2.49. The molecular formula is C27H32O2. The fourth-order valence-corrected chi connectivity index (χ4v) is 4.18. The van der Waals surface area contributed by atoms with E-state index in [9.17, 15) is 0 Å². The molecule has 0 heterocycles. The molecule has 2 atom stereocenters. The van der Waals surface area contributed by atoms with E-state index in [0.29, 0.717) is 0 Å². The number of hydrogen-bond donors (Lipinski definition) is 0. The van der Waals surface area contributed by atoms with Crippen molar-refractivity contribution in [1.82, 2.24) is 0 Å². The van der Waals surface area contributed by atoms with Crippen molar-refractivity contribution in [1.29, 1.82) is 0 Å². The van der Waals surface area contributed by atoms with E-state index in [1.54, 1.807) is 0 Å². The molecular weight excluding hydrogens is 356 g/mol. The Labute approximate surface area is 175 Å². The summed E-state index contributed by atoms with van der Waals surface area (Å²) >= 11 is 0. The molecule has 2 aliphatic carbocycles. The van der Waals surface area contributed by atoms with E-state index in [1.165, 1.54) is 36.8 Å². The summed E-state index contributed by atoms with van der Waals surface area (Å²) in [6, 6.07) is 17.2. The Hall–Kier alpha value is -2.48. The molecule has 0 radical (unpaired) electrons. The lowest BCUT2D eigenvalue weighted by Crippen LogP contribution is -2.19. The van der Waals surface area contributed by atoms with Gasteiger partial charge in [0.15, 0.2) is 0 Å². The van der Waals surface area contributed by atoms with Crippen molar-refractivity contribution in [2.45, 2.75) is 70.0 Å². The predicted molar refractivity (Wildman–Crippen MR) is 120 cm³/mol. The number of ether oxygens (including phenoxy) is 2. The van der Waals surface area contributed by atoms with E-state index in [4.69, 9.17) is 9.47 Å². The lowest BCUT2D eigenvalue weighted by Gasteiger charge is -2.27. The highest BCUT2D eigenvalue weighted by Crippen LogP contribution is 2.34. The normalized spacial score (nSPS) is 21.7. The first-order valence-corrected chi connectivity index (χ1v) is 11.0. The van der Waals surface area contributed by atoms with Crippen LogP contribution in [0.25, 0.3) is 0 Å². The van der Waals surface area contributed by atoms with Crippen molar-refractivity contribution in [3.8, 4) is 11.5 Å². The van der Waals surface area contributed by atoms with Crippen LogP contribution in [0, 0.1) is 0 Å². The second-order valence-corrected chi connectivity index (χ2v) is 8.70. The molecule has 2 aliphatic rings. The lowest BCUT2D eigenvalue weighted by atomic mass is 9.78. The maximum atomic E-state index is 6.11. The van der Waals surface area contributed by atoms with Crippen molar-refractivity contribution < 1.29 is 9.47 Å². The molecule has 0 aliphatic heterocycles. The lowest BCUT2D eigenvalue weighted by molar-refractivity contribution is 0.230. The molecule has 2 nitrogen and oxygen atoms in total. The number of hydrogen-bond acceptors (Lipinski definition) is 2. The van der Waals surface area contributed by atoms with E-state index in [0.717, 1.165) is 24.3 Å². The molecule has 0 saturated heterocycles. The van der Waals surface area contributed by atoms with Crippen LogP contribution in [-0.2, 0) is 5.41 Å². The fourth-order valence-electron chi connectivity index (χ4n) is 4.18. The van der Waals surface area contributed by atoms with Gasteiger partial charge >= 0.3 is 0 Å². The van der Waals surface area contributed by atoms with Gasteiger partial charge in [0.1, 0.15) is 23.7 Å². The topological polar surface area (TPSA) is 18.5 Å². The second-order valence-electron chi connectivity index (χ2n) is 8.70. The monoisotopic (exact) mass is 388 g/mol. The number of benzene rings is 2. The second kappa shape index (κ2) is 8.90. The zero-order chi connectivity index (χ0) is 20.1. The van der Waals surface area contributed by atoms with Gasteiger partial charge in [-0.25, -0.2) is 0 Å². The maximum absolute atomic E-state index is 6.11. The molecule has 0 spiro atoms. The smallest absolute Gasteiger partial charge is 0.120 e.